The van der Waals surface area contributed by atoms with Crippen LogP contribution in [0.2, 0.25) is 5.15 Å². The molecule has 0 aliphatic heterocycles. The molecule has 0 radical (unpaired) electrons. The van der Waals surface area contributed by atoms with Crippen molar-refractivity contribution in [1.29, 1.82) is 0 Å². The number of pyridine rings is 1. The van der Waals surface area contributed by atoms with E-state index < -0.39 is 5.97 Å². The highest BCUT2D eigenvalue weighted by molar-refractivity contribution is 9.10. The highest BCUT2D eigenvalue weighted by Gasteiger charge is 2.15. The van der Waals surface area contributed by atoms with Gasteiger partial charge in [-0.05, 0) is 35.8 Å². The molecule has 14 heavy (non-hydrogen) atoms. The molecular weight excluding hydrogens is 269 g/mol. The average molecular weight is 279 g/mol. The summed E-state index contributed by atoms with van der Waals surface area (Å²) >= 11 is 8.90. The Morgan fingerprint density at radius 3 is 2.86 bits per heavy atom. The summed E-state index contributed by atoms with van der Waals surface area (Å²) in [5.74, 6) is -0.406. The molecule has 0 saturated carbocycles. The van der Waals surface area contributed by atoms with Gasteiger partial charge in [0.1, 0.15) is 5.15 Å². The number of nitrogens with zero attached hydrogens (tertiary/aromatic N) is 1. The van der Waals surface area contributed by atoms with Crippen molar-refractivity contribution in [1.82, 2.24) is 4.98 Å². The van der Waals surface area contributed by atoms with Crippen LogP contribution in [0.1, 0.15) is 24.2 Å². The van der Waals surface area contributed by atoms with Crippen molar-refractivity contribution < 1.29 is 9.53 Å². The third kappa shape index (κ3) is 2.69. The number of carbonyl (C=O) groups is 1. The van der Waals surface area contributed by atoms with E-state index in [0.29, 0.717) is 10.0 Å². The molecule has 1 heterocycles. The van der Waals surface area contributed by atoms with Crippen LogP contribution in [-0.2, 0) is 4.74 Å². The number of halogens is 2. The lowest BCUT2D eigenvalue weighted by Crippen LogP contribution is -2.12. The molecule has 1 aromatic rings. The van der Waals surface area contributed by atoms with E-state index in [9.17, 15) is 4.79 Å². The van der Waals surface area contributed by atoms with Crippen molar-refractivity contribution in [2.45, 2.75) is 20.0 Å². The second-order valence-corrected chi connectivity index (χ2v) is 4.07. The van der Waals surface area contributed by atoms with Gasteiger partial charge < -0.3 is 4.74 Å². The topological polar surface area (TPSA) is 39.2 Å². The number of ether oxygens (including phenoxy) is 1. The van der Waals surface area contributed by atoms with Crippen LogP contribution in [0, 0.1) is 0 Å². The van der Waals surface area contributed by atoms with Crippen molar-refractivity contribution >= 4 is 33.5 Å². The van der Waals surface area contributed by atoms with E-state index in [1.165, 1.54) is 6.20 Å². The highest BCUT2D eigenvalue weighted by atomic mass is 79.9. The first-order chi connectivity index (χ1) is 6.52. The molecule has 0 fully saturated rings. The molecule has 0 aromatic carbocycles. The number of esters is 1. The fourth-order valence-electron chi connectivity index (χ4n) is 0.853. The molecule has 1 rings (SSSR count). The Morgan fingerprint density at radius 2 is 2.29 bits per heavy atom. The van der Waals surface area contributed by atoms with Crippen molar-refractivity contribution in [2.24, 2.45) is 0 Å². The number of rotatable bonds is 2. The van der Waals surface area contributed by atoms with Crippen LogP contribution in [0.4, 0.5) is 0 Å². The van der Waals surface area contributed by atoms with Crippen molar-refractivity contribution in [3.8, 4) is 0 Å². The van der Waals surface area contributed by atoms with Crippen LogP contribution in [0.15, 0.2) is 16.7 Å². The van der Waals surface area contributed by atoms with E-state index in [0.717, 1.165) is 0 Å². The van der Waals surface area contributed by atoms with Crippen LogP contribution in [0.25, 0.3) is 0 Å². The van der Waals surface area contributed by atoms with E-state index in [1.54, 1.807) is 19.9 Å². The number of hydrogen-bond donors (Lipinski definition) is 0. The average Bonchev–Trinajstić information content (AvgIpc) is 2.08. The third-order valence-electron chi connectivity index (χ3n) is 1.41. The first-order valence-corrected chi connectivity index (χ1v) is 5.20. The lowest BCUT2D eigenvalue weighted by atomic mass is 10.3. The maximum absolute atomic E-state index is 11.5. The molecule has 0 aliphatic rings. The van der Waals surface area contributed by atoms with Gasteiger partial charge in [-0.2, -0.15) is 0 Å². The van der Waals surface area contributed by atoms with Gasteiger partial charge in [0, 0.05) is 6.20 Å². The first kappa shape index (κ1) is 11.5. The molecular formula is C9H9BrClNO2. The molecule has 0 bridgehead atoms. The highest BCUT2D eigenvalue weighted by Crippen LogP contribution is 2.24. The largest absolute Gasteiger partial charge is 0.459 e. The zero-order valence-electron chi connectivity index (χ0n) is 7.75. The molecule has 1 aromatic heterocycles. The first-order valence-electron chi connectivity index (χ1n) is 4.03. The van der Waals surface area contributed by atoms with E-state index in [4.69, 9.17) is 16.3 Å². The van der Waals surface area contributed by atoms with Crippen LogP contribution < -0.4 is 0 Å². The van der Waals surface area contributed by atoms with Gasteiger partial charge in [0.05, 0.1) is 16.1 Å². The maximum Gasteiger partial charge on any atom is 0.339 e. The smallest absolute Gasteiger partial charge is 0.339 e. The van der Waals surface area contributed by atoms with E-state index in [1.807, 2.05) is 0 Å². The third-order valence-corrected chi connectivity index (χ3v) is 2.73. The summed E-state index contributed by atoms with van der Waals surface area (Å²) in [4.78, 5) is 15.3. The maximum atomic E-state index is 11.5. The van der Waals surface area contributed by atoms with Crippen molar-refractivity contribution in [3.05, 3.63) is 27.5 Å². The van der Waals surface area contributed by atoms with E-state index >= 15 is 0 Å². The predicted molar refractivity (Wildman–Crippen MR) is 57.5 cm³/mol. The number of carbonyl (C=O) groups excluding carboxylic acids is 1. The normalized spacial score (nSPS) is 10.4. The van der Waals surface area contributed by atoms with Crippen LogP contribution >= 0.6 is 27.5 Å². The molecule has 0 N–H and O–H groups in total. The van der Waals surface area contributed by atoms with Crippen LogP contribution in [-0.4, -0.2) is 17.1 Å². The van der Waals surface area contributed by atoms with Gasteiger partial charge in [0.15, 0.2) is 0 Å². The number of hydrogen-bond acceptors (Lipinski definition) is 3. The lowest BCUT2D eigenvalue weighted by molar-refractivity contribution is 0.0376. The summed E-state index contributed by atoms with van der Waals surface area (Å²) in [5, 5.41) is 0.253. The Balaban J connectivity index is 2.96. The standard InChI is InChI=1S/C9H9BrClNO2/c1-5(2)14-9(13)6-3-4-12-8(11)7(6)10/h3-5H,1-2H3. The summed E-state index contributed by atoms with van der Waals surface area (Å²) in [6.45, 7) is 3.57. The number of aromatic nitrogens is 1. The molecule has 0 saturated heterocycles. The summed E-state index contributed by atoms with van der Waals surface area (Å²) < 4.78 is 5.48. The fourth-order valence-corrected chi connectivity index (χ4v) is 1.41. The minimum absolute atomic E-state index is 0.152. The Labute approximate surface area is 95.6 Å². The second-order valence-electron chi connectivity index (χ2n) is 2.92. The molecule has 3 nitrogen and oxygen atoms in total. The van der Waals surface area contributed by atoms with Gasteiger partial charge in [-0.25, -0.2) is 9.78 Å². The Bertz CT molecular complexity index is 355. The van der Waals surface area contributed by atoms with Crippen LogP contribution in [0.3, 0.4) is 0 Å². The van der Waals surface area contributed by atoms with Gasteiger partial charge in [-0.1, -0.05) is 11.6 Å². The summed E-state index contributed by atoms with van der Waals surface area (Å²) in [6.07, 6.45) is 1.31. The minimum atomic E-state index is -0.406. The molecule has 0 amide bonds. The van der Waals surface area contributed by atoms with Gasteiger partial charge in [0.25, 0.3) is 0 Å². The SMILES string of the molecule is CC(C)OC(=O)c1ccnc(Cl)c1Br. The molecule has 0 atom stereocenters. The van der Waals surface area contributed by atoms with Crippen LogP contribution in [0.5, 0.6) is 0 Å². The van der Waals surface area contributed by atoms with Gasteiger partial charge in [-0.15, -0.1) is 0 Å². The quantitative estimate of drug-likeness (QED) is 0.616. The summed E-state index contributed by atoms with van der Waals surface area (Å²) in [7, 11) is 0. The van der Waals surface area contributed by atoms with E-state index in [-0.39, 0.29) is 11.3 Å². The molecule has 0 aliphatic carbocycles. The minimum Gasteiger partial charge on any atom is -0.459 e. The Hall–Kier alpha value is -0.610. The van der Waals surface area contributed by atoms with Gasteiger partial charge >= 0.3 is 5.97 Å². The zero-order valence-corrected chi connectivity index (χ0v) is 10.1. The molecule has 0 spiro atoms. The monoisotopic (exact) mass is 277 g/mol. The summed E-state index contributed by atoms with van der Waals surface area (Å²) in [6, 6.07) is 1.56. The van der Waals surface area contributed by atoms with Crippen molar-refractivity contribution in [2.75, 3.05) is 0 Å². The molecule has 5 heteroatoms. The summed E-state index contributed by atoms with van der Waals surface area (Å²) in [5.41, 5.74) is 0.388. The molecule has 0 unspecified atom stereocenters. The van der Waals surface area contributed by atoms with Gasteiger partial charge in [0.2, 0.25) is 0 Å². The predicted octanol–water partition coefficient (Wildman–Crippen LogP) is 3.06. The second kappa shape index (κ2) is 4.75. The van der Waals surface area contributed by atoms with Gasteiger partial charge in [-0.3, -0.25) is 0 Å². The Morgan fingerprint density at radius 1 is 1.64 bits per heavy atom. The zero-order chi connectivity index (χ0) is 10.7. The fraction of sp³-hybridized carbons (Fsp3) is 0.333. The van der Waals surface area contributed by atoms with Crippen molar-refractivity contribution in [3.63, 3.8) is 0 Å². The molecule has 76 valence electrons. The van der Waals surface area contributed by atoms with E-state index in [2.05, 4.69) is 20.9 Å². The lowest BCUT2D eigenvalue weighted by Gasteiger charge is -2.09. The Kier molecular flexibility index (Phi) is 3.89.